The van der Waals surface area contributed by atoms with Crippen molar-refractivity contribution in [3.63, 3.8) is 0 Å². The van der Waals surface area contributed by atoms with Crippen molar-refractivity contribution < 1.29 is 22.8 Å². The van der Waals surface area contributed by atoms with Crippen LogP contribution in [0.5, 0.6) is 0 Å². The highest BCUT2D eigenvalue weighted by Gasteiger charge is 2.33. The summed E-state index contributed by atoms with van der Waals surface area (Å²) in [5.41, 5.74) is 6.27. The maximum atomic E-state index is 13.1. The van der Waals surface area contributed by atoms with Crippen LogP contribution in [0.25, 0.3) is 0 Å². The van der Waals surface area contributed by atoms with Crippen molar-refractivity contribution >= 4 is 34.6 Å². The van der Waals surface area contributed by atoms with E-state index in [0.29, 0.717) is 22.6 Å². The first-order valence-electron chi connectivity index (χ1n) is 10.9. The van der Waals surface area contributed by atoms with Gasteiger partial charge in [-0.15, -0.1) is 0 Å². The summed E-state index contributed by atoms with van der Waals surface area (Å²) in [5.74, 6) is -0.821. The average Bonchev–Trinajstić information content (AvgIpc) is 2.88. The van der Waals surface area contributed by atoms with Crippen LogP contribution in [-0.2, 0) is 6.18 Å². The molecule has 0 aromatic heterocycles. The molecule has 0 aliphatic heterocycles. The zero-order chi connectivity index (χ0) is 25.5. The predicted molar refractivity (Wildman–Crippen MR) is 133 cm³/mol. The van der Waals surface area contributed by atoms with E-state index in [2.05, 4.69) is 21.5 Å². The van der Waals surface area contributed by atoms with Gasteiger partial charge in [-0.2, -0.15) is 13.2 Å². The van der Waals surface area contributed by atoms with Gasteiger partial charge in [-0.1, -0.05) is 36.4 Å². The molecule has 0 unspecified atom stereocenters. The topological polar surface area (TPSA) is 82.3 Å². The number of hydrogen-bond donors (Lipinski definition) is 4. The number of para-hydroxylation sites is 1. The van der Waals surface area contributed by atoms with Gasteiger partial charge in [0.25, 0.3) is 11.8 Å². The van der Waals surface area contributed by atoms with Gasteiger partial charge in [0.1, 0.15) is 0 Å². The number of halogens is 3. The number of alkyl halides is 3. The zero-order valence-electron chi connectivity index (χ0n) is 18.8. The first kappa shape index (κ1) is 24.3. The second kappa shape index (κ2) is 10.6. The van der Waals surface area contributed by atoms with Gasteiger partial charge in [0, 0.05) is 28.2 Å². The van der Waals surface area contributed by atoms with Gasteiger partial charge in [-0.3, -0.25) is 20.4 Å². The number of benzene rings is 4. The Balaban J connectivity index is 1.36. The van der Waals surface area contributed by atoms with Crippen molar-refractivity contribution in [2.24, 2.45) is 0 Å². The first-order valence-corrected chi connectivity index (χ1v) is 10.9. The largest absolute Gasteiger partial charge is 0.418 e. The number of carbonyl (C=O) groups excluding carboxylic acids is 2. The summed E-state index contributed by atoms with van der Waals surface area (Å²) in [6, 6.07) is 27.3. The fraction of sp³-hybridized carbons (Fsp3) is 0.0370. The monoisotopic (exact) mass is 490 g/mol. The molecule has 6 nitrogen and oxygen atoms in total. The highest BCUT2D eigenvalue weighted by Crippen LogP contribution is 2.34. The highest BCUT2D eigenvalue weighted by atomic mass is 19.4. The number of rotatable bonds is 7. The molecule has 0 spiro atoms. The summed E-state index contributed by atoms with van der Waals surface area (Å²) < 4.78 is 39.3. The summed E-state index contributed by atoms with van der Waals surface area (Å²) in [7, 11) is 0. The Kier molecular flexibility index (Phi) is 7.20. The van der Waals surface area contributed by atoms with E-state index in [0.717, 1.165) is 6.07 Å². The molecule has 4 N–H and O–H groups in total. The molecule has 36 heavy (non-hydrogen) atoms. The maximum absolute atomic E-state index is 13.1. The van der Waals surface area contributed by atoms with Gasteiger partial charge < -0.3 is 10.6 Å². The quantitative estimate of drug-likeness (QED) is 0.224. The van der Waals surface area contributed by atoms with Crippen LogP contribution in [-0.4, -0.2) is 11.8 Å². The van der Waals surface area contributed by atoms with Gasteiger partial charge in [0.2, 0.25) is 0 Å². The molecule has 4 rings (SSSR count). The molecule has 182 valence electrons. The van der Waals surface area contributed by atoms with Gasteiger partial charge >= 0.3 is 6.18 Å². The Morgan fingerprint density at radius 3 is 1.97 bits per heavy atom. The van der Waals surface area contributed by atoms with E-state index in [1.54, 1.807) is 54.6 Å². The number of anilines is 4. The Bertz CT molecular complexity index is 1360. The van der Waals surface area contributed by atoms with E-state index in [4.69, 9.17) is 0 Å². The Morgan fingerprint density at radius 2 is 1.25 bits per heavy atom. The van der Waals surface area contributed by atoms with Crippen molar-refractivity contribution in [3.05, 3.63) is 120 Å². The lowest BCUT2D eigenvalue weighted by Gasteiger charge is -2.15. The smallest absolute Gasteiger partial charge is 0.355 e. The standard InChI is InChI=1S/C27H21F3N4O2/c28-27(29,30)23-11-4-5-12-24(23)33-34-26(36)19-13-15-20(16-14-19)31-21-9-6-10-22(17-21)32-25(35)18-7-2-1-3-8-18/h1-17,31,33H,(H,32,35)(H,34,36). The molecular weight excluding hydrogens is 469 g/mol. The van der Waals surface area contributed by atoms with Crippen LogP contribution in [0.1, 0.15) is 26.3 Å². The number of nitrogens with one attached hydrogen (secondary N) is 4. The van der Waals surface area contributed by atoms with E-state index < -0.39 is 17.6 Å². The van der Waals surface area contributed by atoms with E-state index in [-0.39, 0.29) is 17.2 Å². The second-order valence-corrected chi connectivity index (χ2v) is 7.73. The van der Waals surface area contributed by atoms with E-state index in [1.165, 1.54) is 30.3 Å². The van der Waals surface area contributed by atoms with Crippen LogP contribution in [0.2, 0.25) is 0 Å². The second-order valence-electron chi connectivity index (χ2n) is 7.73. The van der Waals surface area contributed by atoms with Crippen LogP contribution < -0.4 is 21.5 Å². The third-order valence-electron chi connectivity index (χ3n) is 5.14. The number of carbonyl (C=O) groups is 2. The lowest BCUT2D eigenvalue weighted by molar-refractivity contribution is -0.137. The van der Waals surface area contributed by atoms with Crippen LogP contribution in [0, 0.1) is 0 Å². The Labute approximate surface area is 205 Å². The highest BCUT2D eigenvalue weighted by molar-refractivity contribution is 6.04. The van der Waals surface area contributed by atoms with Crippen LogP contribution >= 0.6 is 0 Å². The molecule has 0 fully saturated rings. The third-order valence-corrected chi connectivity index (χ3v) is 5.14. The molecule has 0 aliphatic rings. The molecule has 0 saturated carbocycles. The van der Waals surface area contributed by atoms with Crippen LogP contribution in [0.4, 0.5) is 35.9 Å². The van der Waals surface area contributed by atoms with E-state index in [9.17, 15) is 22.8 Å². The molecule has 0 heterocycles. The van der Waals surface area contributed by atoms with Crippen LogP contribution in [0.3, 0.4) is 0 Å². The molecular formula is C27H21F3N4O2. The van der Waals surface area contributed by atoms with Crippen molar-refractivity contribution in [2.45, 2.75) is 6.18 Å². The summed E-state index contributed by atoms with van der Waals surface area (Å²) in [6.45, 7) is 0. The third kappa shape index (κ3) is 6.20. The molecule has 2 amide bonds. The summed E-state index contributed by atoms with van der Waals surface area (Å²) in [6.07, 6.45) is -4.55. The van der Waals surface area contributed by atoms with Crippen molar-refractivity contribution in [2.75, 3.05) is 16.1 Å². The van der Waals surface area contributed by atoms with Gasteiger partial charge in [-0.25, -0.2) is 0 Å². The van der Waals surface area contributed by atoms with Gasteiger partial charge in [0.05, 0.1) is 11.3 Å². The van der Waals surface area contributed by atoms with Crippen molar-refractivity contribution in [1.29, 1.82) is 0 Å². The summed E-state index contributed by atoms with van der Waals surface area (Å²) in [4.78, 5) is 24.8. The summed E-state index contributed by atoms with van der Waals surface area (Å²) >= 11 is 0. The van der Waals surface area contributed by atoms with Gasteiger partial charge in [0.15, 0.2) is 0 Å². The summed E-state index contributed by atoms with van der Waals surface area (Å²) in [5, 5.41) is 6.02. The first-order chi connectivity index (χ1) is 17.3. The Morgan fingerprint density at radius 1 is 0.611 bits per heavy atom. The molecule has 0 bridgehead atoms. The molecule has 0 aliphatic carbocycles. The zero-order valence-corrected chi connectivity index (χ0v) is 18.8. The van der Waals surface area contributed by atoms with Crippen molar-refractivity contribution in [3.8, 4) is 0 Å². The normalized spacial score (nSPS) is 10.9. The minimum atomic E-state index is -4.55. The average molecular weight is 490 g/mol. The molecule has 0 radical (unpaired) electrons. The lowest BCUT2D eigenvalue weighted by atomic mass is 10.1. The van der Waals surface area contributed by atoms with E-state index in [1.807, 2.05) is 12.1 Å². The molecule has 4 aromatic carbocycles. The SMILES string of the molecule is O=C(NNc1ccccc1C(F)(F)F)c1ccc(Nc2cccc(NC(=O)c3ccccc3)c2)cc1. The fourth-order valence-electron chi connectivity index (χ4n) is 3.37. The maximum Gasteiger partial charge on any atom is 0.418 e. The molecule has 4 aromatic rings. The number of amides is 2. The fourth-order valence-corrected chi connectivity index (χ4v) is 3.37. The molecule has 0 saturated heterocycles. The molecule has 0 atom stereocenters. The number of hydrazine groups is 1. The van der Waals surface area contributed by atoms with Crippen molar-refractivity contribution in [1.82, 2.24) is 5.43 Å². The predicted octanol–water partition coefficient (Wildman–Crippen LogP) is 6.46. The number of hydrogen-bond acceptors (Lipinski definition) is 4. The minimum absolute atomic E-state index is 0.227. The Hall–Kier alpha value is -4.79. The van der Waals surface area contributed by atoms with E-state index >= 15 is 0 Å². The van der Waals surface area contributed by atoms with Gasteiger partial charge in [-0.05, 0) is 66.7 Å². The molecule has 9 heteroatoms. The lowest BCUT2D eigenvalue weighted by Crippen LogP contribution is -2.30. The minimum Gasteiger partial charge on any atom is -0.355 e. The van der Waals surface area contributed by atoms with Crippen LogP contribution in [0.15, 0.2) is 103 Å².